The number of carboxylic acids is 1. The fourth-order valence-corrected chi connectivity index (χ4v) is 2.46. The number of carbonyl (C=O) groups is 1. The van der Waals surface area contributed by atoms with E-state index in [4.69, 9.17) is 5.11 Å². The van der Waals surface area contributed by atoms with Crippen molar-refractivity contribution in [3.05, 3.63) is 21.9 Å². The molecule has 0 unspecified atom stereocenters. The molecule has 0 amide bonds. The van der Waals surface area contributed by atoms with Gasteiger partial charge in [-0.05, 0) is 31.4 Å². The van der Waals surface area contributed by atoms with Crippen LogP contribution >= 0.6 is 11.3 Å². The van der Waals surface area contributed by atoms with E-state index in [-0.39, 0.29) is 24.1 Å². The molecule has 0 spiro atoms. The van der Waals surface area contributed by atoms with Crippen molar-refractivity contribution in [1.29, 1.82) is 0 Å². The average Bonchev–Trinajstić information content (AvgIpc) is 2.73. The van der Waals surface area contributed by atoms with E-state index in [1.54, 1.807) is 6.07 Å². The number of hydrogen-bond acceptors (Lipinski definition) is 2. The zero-order chi connectivity index (χ0) is 12.9. The topological polar surface area (TPSA) is 37.3 Å². The van der Waals surface area contributed by atoms with Crippen molar-refractivity contribution in [3.8, 4) is 0 Å². The monoisotopic (exact) mass is 262 g/mol. The molecule has 0 aromatic carbocycles. The number of alkyl halides is 2. The number of aryl methyl sites for hydroxylation is 1. The van der Waals surface area contributed by atoms with E-state index < -0.39 is 11.9 Å². The molecule has 1 aromatic rings. The van der Waals surface area contributed by atoms with Gasteiger partial charge in [0.1, 0.15) is 0 Å². The smallest absolute Gasteiger partial charge is 0.303 e. The Hall–Kier alpha value is -0.970. The van der Waals surface area contributed by atoms with Crippen molar-refractivity contribution < 1.29 is 18.7 Å². The summed E-state index contributed by atoms with van der Waals surface area (Å²) in [5.41, 5.74) is 0. The average molecular weight is 262 g/mol. The quantitative estimate of drug-likeness (QED) is 0.753. The first-order valence-corrected chi connectivity index (χ1v) is 6.46. The van der Waals surface area contributed by atoms with Crippen LogP contribution in [0.4, 0.5) is 8.78 Å². The molecule has 5 heteroatoms. The zero-order valence-corrected chi connectivity index (χ0v) is 10.5. The van der Waals surface area contributed by atoms with Gasteiger partial charge in [0.05, 0.1) is 4.88 Å². The van der Waals surface area contributed by atoms with Crippen molar-refractivity contribution in [2.24, 2.45) is 0 Å². The summed E-state index contributed by atoms with van der Waals surface area (Å²) in [6.45, 7) is 1.93. The molecule has 0 aliphatic rings. The van der Waals surface area contributed by atoms with Gasteiger partial charge in [0.15, 0.2) is 0 Å². The fourth-order valence-electron chi connectivity index (χ4n) is 1.51. The Morgan fingerprint density at radius 2 is 2.12 bits per heavy atom. The number of aliphatic carboxylic acids is 1. The van der Waals surface area contributed by atoms with Crippen molar-refractivity contribution >= 4 is 17.3 Å². The molecule has 2 nitrogen and oxygen atoms in total. The lowest BCUT2D eigenvalue weighted by Crippen LogP contribution is -2.11. The summed E-state index contributed by atoms with van der Waals surface area (Å²) in [7, 11) is 0. The SMILES string of the molecule is CCc1ccc(C(F)(F)CCCCC(=O)O)s1. The highest BCUT2D eigenvalue weighted by molar-refractivity contribution is 7.12. The van der Waals surface area contributed by atoms with Crippen LogP contribution in [-0.4, -0.2) is 11.1 Å². The second-order valence-electron chi connectivity index (χ2n) is 3.92. The minimum atomic E-state index is -2.82. The van der Waals surface area contributed by atoms with E-state index in [2.05, 4.69) is 0 Å². The molecule has 1 N–H and O–H groups in total. The van der Waals surface area contributed by atoms with E-state index in [1.807, 2.05) is 6.92 Å². The van der Waals surface area contributed by atoms with Gasteiger partial charge in [-0.3, -0.25) is 4.79 Å². The summed E-state index contributed by atoms with van der Waals surface area (Å²) in [6.07, 6.45) is 0.986. The molecule has 0 aliphatic heterocycles. The maximum absolute atomic E-state index is 13.7. The Morgan fingerprint density at radius 1 is 1.41 bits per heavy atom. The molecule has 0 bridgehead atoms. The summed E-state index contributed by atoms with van der Waals surface area (Å²) in [5, 5.41) is 8.41. The zero-order valence-electron chi connectivity index (χ0n) is 9.71. The maximum atomic E-state index is 13.7. The van der Waals surface area contributed by atoms with Crippen LogP contribution in [0.3, 0.4) is 0 Å². The first-order chi connectivity index (χ1) is 7.95. The molecule has 0 saturated carbocycles. The predicted molar refractivity (Wildman–Crippen MR) is 63.7 cm³/mol. The number of hydrogen-bond donors (Lipinski definition) is 1. The van der Waals surface area contributed by atoms with Gasteiger partial charge >= 0.3 is 5.97 Å². The third-order valence-corrected chi connectivity index (χ3v) is 3.84. The highest BCUT2D eigenvalue weighted by atomic mass is 32.1. The summed E-state index contributed by atoms with van der Waals surface area (Å²) in [4.78, 5) is 11.3. The van der Waals surface area contributed by atoms with Gasteiger partial charge in [-0.25, -0.2) is 8.78 Å². The first-order valence-electron chi connectivity index (χ1n) is 5.64. The number of rotatable bonds is 7. The van der Waals surface area contributed by atoms with Crippen LogP contribution < -0.4 is 0 Å². The van der Waals surface area contributed by atoms with Gasteiger partial charge in [-0.2, -0.15) is 0 Å². The Labute approximate surface area is 103 Å². The van der Waals surface area contributed by atoms with Crippen LogP contribution in [0.2, 0.25) is 0 Å². The molecule has 1 heterocycles. The second-order valence-corrected chi connectivity index (χ2v) is 5.09. The first kappa shape index (κ1) is 14.1. The van der Waals surface area contributed by atoms with Crippen LogP contribution in [-0.2, 0) is 17.1 Å². The van der Waals surface area contributed by atoms with E-state index in [0.29, 0.717) is 6.42 Å². The highest BCUT2D eigenvalue weighted by Crippen LogP contribution is 2.37. The second kappa shape index (κ2) is 6.10. The number of carboxylic acid groups (broad SMARTS) is 1. The summed E-state index contributed by atoms with van der Waals surface area (Å²) < 4.78 is 27.4. The predicted octanol–water partition coefficient (Wildman–Crippen LogP) is 4.05. The lowest BCUT2D eigenvalue weighted by molar-refractivity contribution is -0.137. The normalized spacial score (nSPS) is 11.7. The highest BCUT2D eigenvalue weighted by Gasteiger charge is 2.32. The molecule has 0 saturated heterocycles. The Balaban J connectivity index is 2.47. The molecule has 0 radical (unpaired) electrons. The van der Waals surface area contributed by atoms with E-state index in [9.17, 15) is 13.6 Å². The lowest BCUT2D eigenvalue weighted by Gasteiger charge is -2.13. The van der Waals surface area contributed by atoms with E-state index in [0.717, 1.165) is 22.6 Å². The molecule has 96 valence electrons. The van der Waals surface area contributed by atoms with Crippen LogP contribution in [0.5, 0.6) is 0 Å². The molecular formula is C12H16F2O2S. The molecule has 1 aromatic heterocycles. The Kier molecular flexibility index (Phi) is 5.05. The molecule has 1 rings (SSSR count). The molecule has 0 aliphatic carbocycles. The summed E-state index contributed by atoms with van der Waals surface area (Å²) >= 11 is 1.14. The number of unbranched alkanes of at least 4 members (excludes halogenated alkanes) is 1. The minimum absolute atomic E-state index is 0.0409. The van der Waals surface area contributed by atoms with Crippen LogP contribution in [0.1, 0.15) is 42.4 Å². The van der Waals surface area contributed by atoms with Crippen LogP contribution in [0, 0.1) is 0 Å². The third-order valence-electron chi connectivity index (χ3n) is 2.50. The molecular weight excluding hydrogens is 246 g/mol. The fraction of sp³-hybridized carbons (Fsp3) is 0.583. The van der Waals surface area contributed by atoms with Gasteiger partial charge in [-0.15, -0.1) is 11.3 Å². The van der Waals surface area contributed by atoms with Gasteiger partial charge in [0.2, 0.25) is 0 Å². The number of thiophene rings is 1. The van der Waals surface area contributed by atoms with Gasteiger partial charge in [-0.1, -0.05) is 6.92 Å². The molecule has 0 fully saturated rings. The third kappa shape index (κ3) is 4.42. The van der Waals surface area contributed by atoms with Crippen molar-refractivity contribution in [1.82, 2.24) is 0 Å². The van der Waals surface area contributed by atoms with Gasteiger partial charge in [0, 0.05) is 17.7 Å². The lowest BCUT2D eigenvalue weighted by atomic mass is 10.1. The largest absolute Gasteiger partial charge is 0.481 e. The van der Waals surface area contributed by atoms with Crippen molar-refractivity contribution in [3.63, 3.8) is 0 Å². The van der Waals surface area contributed by atoms with E-state index >= 15 is 0 Å². The van der Waals surface area contributed by atoms with Crippen LogP contribution in [0.25, 0.3) is 0 Å². The standard InChI is InChI=1S/C12H16F2O2S/c1-2-9-6-7-10(17-9)12(13,14)8-4-3-5-11(15)16/h6-7H,2-5,8H2,1H3,(H,15,16). The van der Waals surface area contributed by atoms with Crippen molar-refractivity contribution in [2.75, 3.05) is 0 Å². The minimum Gasteiger partial charge on any atom is -0.481 e. The maximum Gasteiger partial charge on any atom is 0.303 e. The molecule has 0 atom stereocenters. The Morgan fingerprint density at radius 3 is 2.65 bits per heavy atom. The van der Waals surface area contributed by atoms with Gasteiger partial charge in [0.25, 0.3) is 5.92 Å². The van der Waals surface area contributed by atoms with Crippen LogP contribution in [0.15, 0.2) is 12.1 Å². The van der Waals surface area contributed by atoms with E-state index in [1.165, 1.54) is 6.07 Å². The summed E-state index contributed by atoms with van der Waals surface area (Å²) in [5.74, 6) is -3.76. The molecule has 17 heavy (non-hydrogen) atoms. The Bertz CT molecular complexity index is 374. The summed E-state index contributed by atoms with van der Waals surface area (Å²) in [6, 6.07) is 3.20. The van der Waals surface area contributed by atoms with Crippen molar-refractivity contribution in [2.45, 2.75) is 45.0 Å². The number of halogens is 2. The van der Waals surface area contributed by atoms with Gasteiger partial charge < -0.3 is 5.11 Å².